The summed E-state index contributed by atoms with van der Waals surface area (Å²) in [5.74, 6) is 1.27. The van der Waals surface area contributed by atoms with Gasteiger partial charge in [0.25, 0.3) is 5.91 Å². The van der Waals surface area contributed by atoms with E-state index in [2.05, 4.69) is 15.2 Å². The van der Waals surface area contributed by atoms with Gasteiger partial charge in [-0.15, -0.1) is 0 Å². The van der Waals surface area contributed by atoms with Gasteiger partial charge in [0, 0.05) is 55.8 Å². The highest BCUT2D eigenvalue weighted by Gasteiger charge is 2.45. The molecule has 3 fully saturated rings. The number of ether oxygens (including phenoxy) is 1. The van der Waals surface area contributed by atoms with Gasteiger partial charge in [0.2, 0.25) is 5.91 Å². The SMILES string of the molecule is O=C1CCc2ccc(OCC[C@@H]3CNCCN3C(=O)c3ncn([C@@H]4CCCC[C@@]4(O)CC4CC4)c3-c3ccccc3)cc2N1. The predicted octanol–water partition coefficient (Wildman–Crippen LogP) is 4.96. The largest absolute Gasteiger partial charge is 0.493 e. The normalized spacial score (nSPS) is 25.3. The van der Waals surface area contributed by atoms with Gasteiger partial charge in [0.15, 0.2) is 5.69 Å². The first kappa shape index (κ1) is 29.0. The van der Waals surface area contributed by atoms with Crippen LogP contribution in [0.15, 0.2) is 54.9 Å². The minimum absolute atomic E-state index is 0.0328. The predicted molar refractivity (Wildman–Crippen MR) is 169 cm³/mol. The van der Waals surface area contributed by atoms with Crippen LogP contribution in [-0.4, -0.2) is 69.3 Å². The molecule has 2 aliphatic carbocycles. The lowest BCUT2D eigenvalue weighted by molar-refractivity contribution is -0.116. The minimum Gasteiger partial charge on any atom is -0.493 e. The maximum atomic E-state index is 14.4. The van der Waals surface area contributed by atoms with Gasteiger partial charge in [-0.25, -0.2) is 4.98 Å². The number of hydrogen-bond donors (Lipinski definition) is 3. The maximum absolute atomic E-state index is 14.4. The van der Waals surface area contributed by atoms with E-state index in [1.807, 2.05) is 53.4 Å². The van der Waals surface area contributed by atoms with E-state index in [1.165, 1.54) is 12.8 Å². The summed E-state index contributed by atoms with van der Waals surface area (Å²) >= 11 is 0. The number of carbonyl (C=O) groups excluding carboxylic acids is 2. The van der Waals surface area contributed by atoms with Crippen LogP contribution in [0.25, 0.3) is 11.3 Å². The van der Waals surface area contributed by atoms with Crippen LogP contribution in [0, 0.1) is 5.92 Å². The number of fused-ring (bicyclic) bond motifs is 1. The standard InChI is InChI=1S/C35H43N5O4/c41-31-14-12-25-11-13-28(20-29(25)38-31)44-19-15-27-22-36-17-18-39(27)34(42)32-33(26-6-2-1-3-7-26)40(23-37-32)30-8-4-5-16-35(30,43)21-24-9-10-24/h1-3,6-7,11,13,20,23-24,27,30,36,43H,4-5,8-10,12,14-19,21-22H2,(H,38,41)/t27-,30-,35-/m1/s1. The van der Waals surface area contributed by atoms with Crippen molar-refractivity contribution in [3.8, 4) is 17.0 Å². The highest BCUT2D eigenvalue weighted by molar-refractivity contribution is 5.98. The fourth-order valence-corrected chi connectivity index (χ4v) is 7.47. The molecule has 232 valence electrons. The number of nitrogens with zero attached hydrogens (tertiary/aromatic N) is 3. The lowest BCUT2D eigenvalue weighted by atomic mass is 9.76. The molecule has 2 aromatic carbocycles. The van der Waals surface area contributed by atoms with Crippen molar-refractivity contribution < 1.29 is 19.4 Å². The quantitative estimate of drug-likeness (QED) is 0.322. The molecule has 9 nitrogen and oxygen atoms in total. The van der Waals surface area contributed by atoms with E-state index in [0.717, 1.165) is 67.6 Å². The highest BCUT2D eigenvalue weighted by Crippen LogP contribution is 2.48. The van der Waals surface area contributed by atoms with Crippen molar-refractivity contribution >= 4 is 17.5 Å². The number of benzene rings is 2. The van der Waals surface area contributed by atoms with Crippen LogP contribution < -0.4 is 15.4 Å². The third kappa shape index (κ3) is 6.00. The van der Waals surface area contributed by atoms with Crippen LogP contribution in [0.1, 0.15) is 79.9 Å². The third-order valence-electron chi connectivity index (χ3n) is 9.98. The number of aromatic nitrogens is 2. The van der Waals surface area contributed by atoms with Crippen molar-refractivity contribution in [2.45, 2.75) is 81.9 Å². The molecule has 3 atom stereocenters. The van der Waals surface area contributed by atoms with Gasteiger partial charge < -0.3 is 29.9 Å². The van der Waals surface area contributed by atoms with E-state index >= 15 is 0 Å². The lowest BCUT2D eigenvalue weighted by Crippen LogP contribution is -2.54. The Morgan fingerprint density at radius 2 is 1.95 bits per heavy atom. The van der Waals surface area contributed by atoms with Crippen molar-refractivity contribution in [2.24, 2.45) is 5.92 Å². The number of carbonyl (C=O) groups is 2. The number of rotatable bonds is 9. The number of nitrogens with one attached hydrogen (secondary N) is 2. The van der Waals surface area contributed by atoms with Crippen LogP contribution in [-0.2, 0) is 11.2 Å². The summed E-state index contributed by atoms with van der Waals surface area (Å²) in [5.41, 5.74) is 3.37. The molecule has 0 radical (unpaired) electrons. The molecule has 3 heterocycles. The number of hydrogen-bond acceptors (Lipinski definition) is 6. The average molecular weight is 598 g/mol. The summed E-state index contributed by atoms with van der Waals surface area (Å²) in [6.45, 7) is 2.43. The van der Waals surface area contributed by atoms with Gasteiger partial charge in [-0.1, -0.05) is 62.1 Å². The first-order valence-electron chi connectivity index (χ1n) is 16.4. The summed E-state index contributed by atoms with van der Waals surface area (Å²) in [6, 6.07) is 15.8. The third-order valence-corrected chi connectivity index (χ3v) is 9.98. The lowest BCUT2D eigenvalue weighted by Gasteiger charge is -2.42. The smallest absolute Gasteiger partial charge is 0.275 e. The van der Waals surface area contributed by atoms with E-state index in [0.29, 0.717) is 49.9 Å². The van der Waals surface area contributed by atoms with Gasteiger partial charge in [-0.05, 0) is 43.2 Å². The van der Waals surface area contributed by atoms with Gasteiger partial charge in [0.05, 0.1) is 30.3 Å². The zero-order valence-corrected chi connectivity index (χ0v) is 25.3. The van der Waals surface area contributed by atoms with E-state index < -0.39 is 5.60 Å². The first-order chi connectivity index (χ1) is 21.5. The Kier molecular flexibility index (Phi) is 8.16. The number of aliphatic hydroxyl groups is 1. The molecule has 3 aromatic rings. The van der Waals surface area contributed by atoms with Gasteiger partial charge in [-0.2, -0.15) is 0 Å². The number of piperazine rings is 1. The molecule has 9 heteroatoms. The van der Waals surface area contributed by atoms with Crippen LogP contribution >= 0.6 is 0 Å². The molecule has 2 amide bonds. The summed E-state index contributed by atoms with van der Waals surface area (Å²) in [4.78, 5) is 32.9. The van der Waals surface area contributed by atoms with Crippen molar-refractivity contribution in [1.82, 2.24) is 19.8 Å². The second kappa shape index (κ2) is 12.4. The molecule has 44 heavy (non-hydrogen) atoms. The molecule has 2 aliphatic heterocycles. The van der Waals surface area contributed by atoms with E-state index in [4.69, 9.17) is 9.72 Å². The molecule has 0 unspecified atom stereocenters. The van der Waals surface area contributed by atoms with Gasteiger partial charge >= 0.3 is 0 Å². The zero-order valence-electron chi connectivity index (χ0n) is 25.3. The fraction of sp³-hybridized carbons (Fsp3) is 0.514. The molecular weight excluding hydrogens is 554 g/mol. The summed E-state index contributed by atoms with van der Waals surface area (Å²) < 4.78 is 8.24. The molecule has 4 aliphatic rings. The Hall–Kier alpha value is -3.69. The Morgan fingerprint density at radius 3 is 2.80 bits per heavy atom. The summed E-state index contributed by atoms with van der Waals surface area (Å²) in [5, 5.41) is 18.4. The monoisotopic (exact) mass is 597 g/mol. The van der Waals surface area contributed by atoms with Crippen molar-refractivity contribution in [3.05, 3.63) is 66.1 Å². The number of aryl methyl sites for hydroxylation is 1. The molecule has 3 N–H and O–H groups in total. The summed E-state index contributed by atoms with van der Waals surface area (Å²) in [7, 11) is 0. The van der Waals surface area contributed by atoms with Crippen LogP contribution in [0.4, 0.5) is 5.69 Å². The molecule has 7 rings (SSSR count). The molecule has 1 aromatic heterocycles. The Bertz CT molecular complexity index is 1500. The topological polar surface area (TPSA) is 109 Å². The second-order valence-electron chi connectivity index (χ2n) is 13.1. The fourth-order valence-electron chi connectivity index (χ4n) is 7.47. The van der Waals surface area contributed by atoms with Crippen molar-refractivity contribution in [3.63, 3.8) is 0 Å². The molecular formula is C35H43N5O4. The zero-order chi connectivity index (χ0) is 30.1. The number of anilines is 1. The molecule has 0 bridgehead atoms. The average Bonchev–Trinajstić information content (AvgIpc) is 3.74. The van der Waals surface area contributed by atoms with Crippen LogP contribution in [0.2, 0.25) is 0 Å². The van der Waals surface area contributed by atoms with Crippen molar-refractivity contribution in [2.75, 3.05) is 31.6 Å². The Balaban J connectivity index is 1.12. The van der Waals surface area contributed by atoms with Crippen molar-refractivity contribution in [1.29, 1.82) is 0 Å². The first-order valence-corrected chi connectivity index (χ1v) is 16.4. The van der Waals surface area contributed by atoms with E-state index in [-0.39, 0.29) is 23.9 Å². The number of amides is 2. The summed E-state index contributed by atoms with van der Waals surface area (Å²) in [6.07, 6.45) is 10.7. The molecule has 1 saturated heterocycles. The Labute approximate surface area is 259 Å². The Morgan fingerprint density at radius 1 is 1.09 bits per heavy atom. The van der Waals surface area contributed by atoms with Gasteiger partial charge in [0.1, 0.15) is 5.75 Å². The highest BCUT2D eigenvalue weighted by atomic mass is 16.5. The van der Waals surface area contributed by atoms with Crippen LogP contribution in [0.5, 0.6) is 5.75 Å². The minimum atomic E-state index is -0.779. The van der Waals surface area contributed by atoms with Gasteiger partial charge in [-0.3, -0.25) is 9.59 Å². The molecule has 2 saturated carbocycles. The van der Waals surface area contributed by atoms with E-state index in [9.17, 15) is 14.7 Å². The second-order valence-corrected chi connectivity index (χ2v) is 13.1. The maximum Gasteiger partial charge on any atom is 0.275 e. The van der Waals surface area contributed by atoms with Crippen LogP contribution in [0.3, 0.4) is 0 Å². The van der Waals surface area contributed by atoms with E-state index in [1.54, 1.807) is 6.33 Å². The number of imidazole rings is 1. The molecule has 0 spiro atoms.